The Morgan fingerprint density at radius 3 is 2.76 bits per heavy atom. The maximum Gasteiger partial charge on any atom is 0.140 e. The second-order valence-corrected chi connectivity index (χ2v) is 5.13. The first-order valence-electron chi connectivity index (χ1n) is 6.79. The molecule has 0 bridgehead atoms. The van der Waals surface area contributed by atoms with E-state index in [1.165, 1.54) is 0 Å². The van der Waals surface area contributed by atoms with Crippen LogP contribution in [-0.4, -0.2) is 14.5 Å². The average molecular weight is 302 g/mol. The van der Waals surface area contributed by atoms with E-state index >= 15 is 0 Å². The largest absolute Gasteiger partial charge is 0.322 e. The summed E-state index contributed by atoms with van der Waals surface area (Å²) >= 11 is 6.25. The number of imidazole rings is 1. The van der Waals surface area contributed by atoms with Crippen molar-refractivity contribution in [2.75, 3.05) is 5.43 Å². The highest BCUT2D eigenvalue weighted by Gasteiger charge is 2.12. The Kier molecular flexibility index (Phi) is 3.77. The van der Waals surface area contributed by atoms with E-state index in [0.29, 0.717) is 17.4 Å². The molecule has 0 aliphatic rings. The Morgan fingerprint density at radius 1 is 1.19 bits per heavy atom. The van der Waals surface area contributed by atoms with Crippen molar-refractivity contribution in [1.29, 1.82) is 0 Å². The number of aromatic nitrogens is 3. The molecular formula is C15H16ClN5. The van der Waals surface area contributed by atoms with E-state index in [0.717, 1.165) is 29.0 Å². The summed E-state index contributed by atoms with van der Waals surface area (Å²) in [6.07, 6.45) is 0.848. The van der Waals surface area contributed by atoms with Gasteiger partial charge in [0.25, 0.3) is 0 Å². The lowest BCUT2D eigenvalue weighted by atomic mass is 10.3. The van der Waals surface area contributed by atoms with Gasteiger partial charge in [-0.05, 0) is 24.3 Å². The molecule has 0 saturated carbocycles. The van der Waals surface area contributed by atoms with Gasteiger partial charge in [-0.15, -0.1) is 0 Å². The summed E-state index contributed by atoms with van der Waals surface area (Å²) < 4.78 is 2.14. The number of nitrogens with zero attached hydrogens (tertiary/aromatic N) is 3. The van der Waals surface area contributed by atoms with Crippen LogP contribution in [0.1, 0.15) is 18.4 Å². The van der Waals surface area contributed by atoms with Crippen LogP contribution in [0, 0.1) is 0 Å². The highest BCUT2D eigenvalue weighted by molar-refractivity contribution is 6.31. The van der Waals surface area contributed by atoms with Crippen molar-refractivity contribution in [2.45, 2.75) is 19.9 Å². The van der Waals surface area contributed by atoms with Gasteiger partial charge in [0.15, 0.2) is 0 Å². The molecule has 0 atom stereocenters. The molecule has 0 fully saturated rings. The minimum absolute atomic E-state index is 0.568. The molecule has 2 heterocycles. The van der Waals surface area contributed by atoms with Crippen LogP contribution in [-0.2, 0) is 13.0 Å². The first-order chi connectivity index (χ1) is 10.2. The number of para-hydroxylation sites is 2. The van der Waals surface area contributed by atoms with Gasteiger partial charge in [0.05, 0.1) is 28.3 Å². The Bertz CT molecular complexity index is 781. The number of nitrogen functional groups attached to an aromatic ring is 1. The first kappa shape index (κ1) is 13.9. The molecule has 3 rings (SSSR count). The summed E-state index contributed by atoms with van der Waals surface area (Å²) in [5.74, 6) is 7.02. The van der Waals surface area contributed by atoms with Crippen molar-refractivity contribution >= 4 is 28.5 Å². The second kappa shape index (κ2) is 5.71. The molecule has 0 radical (unpaired) electrons. The third kappa shape index (κ3) is 2.57. The van der Waals surface area contributed by atoms with E-state index in [1.54, 1.807) is 12.1 Å². The minimum atomic E-state index is 0.568. The second-order valence-electron chi connectivity index (χ2n) is 4.73. The molecule has 0 aliphatic carbocycles. The molecular weight excluding hydrogens is 286 g/mol. The number of benzene rings is 1. The van der Waals surface area contributed by atoms with Gasteiger partial charge in [-0.25, -0.2) is 15.8 Å². The van der Waals surface area contributed by atoms with Gasteiger partial charge in [0, 0.05) is 6.42 Å². The number of hydrogen-bond donors (Lipinski definition) is 2. The summed E-state index contributed by atoms with van der Waals surface area (Å²) in [6, 6.07) is 11.6. The Labute approximate surface area is 127 Å². The fourth-order valence-corrected chi connectivity index (χ4v) is 2.56. The van der Waals surface area contributed by atoms with Crippen LogP contribution in [0.3, 0.4) is 0 Å². The normalized spacial score (nSPS) is 11.0. The molecule has 0 unspecified atom stereocenters. The van der Waals surface area contributed by atoms with Gasteiger partial charge in [0.2, 0.25) is 0 Å². The zero-order valence-electron chi connectivity index (χ0n) is 11.7. The number of halogens is 1. The Hall–Kier alpha value is -2.11. The number of pyridine rings is 1. The molecule has 0 aliphatic heterocycles. The number of rotatable bonds is 4. The summed E-state index contributed by atoms with van der Waals surface area (Å²) in [7, 11) is 0. The summed E-state index contributed by atoms with van der Waals surface area (Å²) in [6.45, 7) is 2.66. The lowest BCUT2D eigenvalue weighted by molar-refractivity contribution is 0.737. The van der Waals surface area contributed by atoms with Gasteiger partial charge in [0.1, 0.15) is 11.6 Å². The Morgan fingerprint density at radius 2 is 2.00 bits per heavy atom. The van der Waals surface area contributed by atoms with Gasteiger partial charge >= 0.3 is 0 Å². The Balaban J connectivity index is 2.09. The van der Waals surface area contributed by atoms with E-state index in [1.807, 2.05) is 18.2 Å². The maximum absolute atomic E-state index is 6.25. The zero-order valence-corrected chi connectivity index (χ0v) is 12.4. The van der Waals surface area contributed by atoms with Crippen LogP contribution in [0.2, 0.25) is 5.02 Å². The van der Waals surface area contributed by atoms with Crippen molar-refractivity contribution in [1.82, 2.24) is 14.5 Å². The average Bonchev–Trinajstić information content (AvgIpc) is 2.87. The van der Waals surface area contributed by atoms with Crippen molar-refractivity contribution in [3.05, 3.63) is 52.9 Å². The van der Waals surface area contributed by atoms with Gasteiger partial charge in [-0.3, -0.25) is 0 Å². The maximum atomic E-state index is 6.25. The SMILES string of the molecule is CCc1nc2ccccc2n1Cc1nc(NN)ccc1Cl. The third-order valence-corrected chi connectivity index (χ3v) is 3.77. The highest BCUT2D eigenvalue weighted by Crippen LogP contribution is 2.22. The molecule has 5 nitrogen and oxygen atoms in total. The molecule has 1 aromatic carbocycles. The van der Waals surface area contributed by atoms with E-state index < -0.39 is 0 Å². The number of anilines is 1. The van der Waals surface area contributed by atoms with Crippen LogP contribution in [0.25, 0.3) is 11.0 Å². The fraction of sp³-hybridized carbons (Fsp3) is 0.200. The highest BCUT2D eigenvalue weighted by atomic mass is 35.5. The lowest BCUT2D eigenvalue weighted by Gasteiger charge is -2.10. The third-order valence-electron chi connectivity index (χ3n) is 3.42. The fourth-order valence-electron chi connectivity index (χ4n) is 2.40. The molecule has 6 heteroatoms. The monoisotopic (exact) mass is 301 g/mol. The van der Waals surface area contributed by atoms with E-state index in [2.05, 4.69) is 33.0 Å². The summed E-state index contributed by atoms with van der Waals surface area (Å²) in [5, 5.41) is 0.619. The van der Waals surface area contributed by atoms with Crippen molar-refractivity contribution in [3.8, 4) is 0 Å². The number of hydrazine groups is 1. The molecule has 0 amide bonds. The number of fused-ring (bicyclic) bond motifs is 1. The van der Waals surface area contributed by atoms with E-state index in [-0.39, 0.29) is 0 Å². The van der Waals surface area contributed by atoms with Crippen molar-refractivity contribution in [2.24, 2.45) is 5.84 Å². The lowest BCUT2D eigenvalue weighted by Crippen LogP contribution is -2.11. The van der Waals surface area contributed by atoms with Crippen LogP contribution in [0.5, 0.6) is 0 Å². The van der Waals surface area contributed by atoms with Gasteiger partial charge in [-0.1, -0.05) is 30.7 Å². The number of nitrogens with one attached hydrogen (secondary N) is 1. The van der Waals surface area contributed by atoms with Gasteiger partial charge < -0.3 is 9.99 Å². The topological polar surface area (TPSA) is 68.8 Å². The van der Waals surface area contributed by atoms with Crippen LogP contribution in [0.4, 0.5) is 5.82 Å². The predicted molar refractivity (Wildman–Crippen MR) is 85.3 cm³/mol. The summed E-state index contributed by atoms with van der Waals surface area (Å²) in [4.78, 5) is 9.08. The number of nitrogens with two attached hydrogens (primary N) is 1. The van der Waals surface area contributed by atoms with E-state index in [4.69, 9.17) is 17.4 Å². The summed E-state index contributed by atoms with van der Waals surface area (Å²) in [5.41, 5.74) is 5.38. The van der Waals surface area contributed by atoms with E-state index in [9.17, 15) is 0 Å². The van der Waals surface area contributed by atoms with Crippen LogP contribution < -0.4 is 11.3 Å². The molecule has 0 spiro atoms. The predicted octanol–water partition coefficient (Wildman–Crippen LogP) is 2.98. The molecule has 108 valence electrons. The van der Waals surface area contributed by atoms with Crippen LogP contribution in [0.15, 0.2) is 36.4 Å². The number of aryl methyl sites for hydroxylation is 1. The van der Waals surface area contributed by atoms with Gasteiger partial charge in [-0.2, -0.15) is 0 Å². The van der Waals surface area contributed by atoms with Crippen molar-refractivity contribution in [3.63, 3.8) is 0 Å². The quantitative estimate of drug-likeness (QED) is 0.574. The minimum Gasteiger partial charge on any atom is -0.322 e. The molecule has 2 aromatic heterocycles. The smallest absolute Gasteiger partial charge is 0.140 e. The van der Waals surface area contributed by atoms with Crippen molar-refractivity contribution < 1.29 is 0 Å². The van der Waals surface area contributed by atoms with Crippen LogP contribution >= 0.6 is 11.6 Å². The first-order valence-corrected chi connectivity index (χ1v) is 7.17. The molecule has 3 N–H and O–H groups in total. The molecule has 21 heavy (non-hydrogen) atoms. The standard InChI is InChI=1S/C15H16ClN5/c1-2-15-19-11-5-3-4-6-13(11)21(15)9-12-10(16)7-8-14(18-12)20-17/h3-8H,2,9,17H2,1H3,(H,18,20). The molecule has 0 saturated heterocycles. The number of hydrogen-bond acceptors (Lipinski definition) is 4. The zero-order chi connectivity index (χ0) is 14.8. The molecule has 3 aromatic rings.